The van der Waals surface area contributed by atoms with Gasteiger partial charge in [0.2, 0.25) is 5.82 Å². The lowest BCUT2D eigenvalue weighted by molar-refractivity contribution is 0.325. The van der Waals surface area contributed by atoms with E-state index in [2.05, 4.69) is 0 Å². The molecule has 0 saturated carbocycles. The lowest BCUT2D eigenvalue weighted by Crippen LogP contribution is -2.35. The molecule has 0 heterocycles. The third kappa shape index (κ3) is 2.89. The quantitative estimate of drug-likeness (QED) is 0.354. The van der Waals surface area contributed by atoms with E-state index in [0.29, 0.717) is 6.61 Å². The summed E-state index contributed by atoms with van der Waals surface area (Å²) in [7, 11) is -2.51. The molecule has 1 aromatic carbocycles. The third-order valence-electron chi connectivity index (χ3n) is 2.44. The number of hydrogen-bond donors (Lipinski definition) is 0. The fourth-order valence-electron chi connectivity index (χ4n) is 1.67. The molecule has 18 heavy (non-hydrogen) atoms. The molecule has 102 valence electrons. The van der Waals surface area contributed by atoms with E-state index < -0.39 is 43.0 Å². The molecule has 0 radical (unpaired) electrons. The minimum atomic E-state index is -2.51. The summed E-state index contributed by atoms with van der Waals surface area (Å²) in [6, 6.07) is -0.271. The van der Waals surface area contributed by atoms with Crippen LogP contribution in [0.25, 0.3) is 0 Å². The SMILES string of the molecule is CCO[Si](C)(C)Cc1c(F)c(F)c(F)c(F)c1F. The predicted octanol–water partition coefficient (Wildman–Crippen LogP) is 3.71. The molecule has 0 aliphatic carbocycles. The van der Waals surface area contributed by atoms with Crippen molar-refractivity contribution in [1.82, 2.24) is 0 Å². The van der Waals surface area contributed by atoms with Crippen molar-refractivity contribution in [2.75, 3.05) is 6.61 Å². The second kappa shape index (κ2) is 5.36. The van der Waals surface area contributed by atoms with Gasteiger partial charge in [-0.1, -0.05) is 0 Å². The first-order chi connectivity index (χ1) is 8.21. The molecular weight excluding hydrogens is 271 g/mol. The summed E-state index contributed by atoms with van der Waals surface area (Å²) in [5.74, 6) is -9.50. The molecule has 0 bridgehead atoms. The van der Waals surface area contributed by atoms with E-state index >= 15 is 0 Å². The summed E-state index contributed by atoms with van der Waals surface area (Å²) in [6.45, 7) is 5.32. The van der Waals surface area contributed by atoms with Gasteiger partial charge in [-0.3, -0.25) is 0 Å². The van der Waals surface area contributed by atoms with Crippen molar-refractivity contribution in [1.29, 1.82) is 0 Å². The molecule has 7 heteroatoms. The molecule has 1 rings (SSSR count). The first-order valence-electron chi connectivity index (χ1n) is 5.35. The zero-order chi connectivity index (χ0) is 14.1. The van der Waals surface area contributed by atoms with Crippen molar-refractivity contribution in [3.05, 3.63) is 34.6 Å². The Kier molecular flexibility index (Phi) is 4.49. The van der Waals surface area contributed by atoms with Crippen LogP contribution in [0, 0.1) is 29.1 Å². The Balaban J connectivity index is 3.26. The van der Waals surface area contributed by atoms with Crippen LogP contribution in [0.5, 0.6) is 0 Å². The average molecular weight is 284 g/mol. The first-order valence-corrected chi connectivity index (χ1v) is 8.47. The second-order valence-corrected chi connectivity index (χ2v) is 8.58. The number of benzene rings is 1. The highest BCUT2D eigenvalue weighted by molar-refractivity contribution is 6.70. The molecule has 0 aromatic heterocycles. The molecule has 0 aliphatic rings. The number of hydrogen-bond acceptors (Lipinski definition) is 1. The van der Waals surface area contributed by atoms with Gasteiger partial charge in [-0.25, -0.2) is 22.0 Å². The van der Waals surface area contributed by atoms with Crippen LogP contribution in [-0.4, -0.2) is 14.9 Å². The van der Waals surface area contributed by atoms with Crippen LogP contribution in [-0.2, 0) is 10.5 Å². The maximum atomic E-state index is 13.4. The van der Waals surface area contributed by atoms with Crippen molar-refractivity contribution in [3.63, 3.8) is 0 Å². The molecule has 1 nitrogen and oxygen atoms in total. The predicted molar refractivity (Wildman–Crippen MR) is 59.0 cm³/mol. The van der Waals surface area contributed by atoms with Gasteiger partial charge in [0.25, 0.3) is 0 Å². The van der Waals surface area contributed by atoms with Crippen LogP contribution in [0.4, 0.5) is 22.0 Å². The highest BCUT2D eigenvalue weighted by atomic mass is 28.4. The molecule has 0 atom stereocenters. The summed E-state index contributed by atoms with van der Waals surface area (Å²) in [6.07, 6.45) is 0. The molecular formula is C11H13F5OSi. The minimum Gasteiger partial charge on any atom is -0.417 e. The van der Waals surface area contributed by atoms with Crippen LogP contribution < -0.4 is 0 Å². The Hall–Kier alpha value is -0.953. The van der Waals surface area contributed by atoms with Crippen LogP contribution in [0.2, 0.25) is 13.1 Å². The molecule has 0 N–H and O–H groups in total. The van der Waals surface area contributed by atoms with Crippen molar-refractivity contribution in [2.24, 2.45) is 0 Å². The summed E-state index contributed by atoms with van der Waals surface area (Å²) in [5, 5.41) is 0. The van der Waals surface area contributed by atoms with Gasteiger partial charge in [-0.05, 0) is 26.1 Å². The Morgan fingerprint density at radius 3 is 1.61 bits per heavy atom. The van der Waals surface area contributed by atoms with Crippen LogP contribution in [0.3, 0.4) is 0 Å². The summed E-state index contributed by atoms with van der Waals surface area (Å²) < 4.78 is 70.9. The fourth-order valence-corrected chi connectivity index (χ4v) is 3.72. The molecule has 0 aliphatic heterocycles. The molecule has 0 spiro atoms. The van der Waals surface area contributed by atoms with Crippen molar-refractivity contribution in [3.8, 4) is 0 Å². The first kappa shape index (κ1) is 15.1. The Bertz CT molecular complexity index is 432. The van der Waals surface area contributed by atoms with E-state index in [0.717, 1.165) is 0 Å². The minimum absolute atomic E-state index is 0.271. The topological polar surface area (TPSA) is 9.23 Å². The van der Waals surface area contributed by atoms with Gasteiger partial charge in [-0.15, -0.1) is 0 Å². The van der Waals surface area contributed by atoms with Gasteiger partial charge < -0.3 is 4.43 Å². The largest absolute Gasteiger partial charge is 0.417 e. The second-order valence-electron chi connectivity index (χ2n) is 4.42. The molecule has 0 saturated heterocycles. The molecule has 0 amide bonds. The van der Waals surface area contributed by atoms with Crippen LogP contribution >= 0.6 is 0 Å². The Morgan fingerprint density at radius 1 is 0.833 bits per heavy atom. The Morgan fingerprint density at radius 2 is 1.22 bits per heavy atom. The van der Waals surface area contributed by atoms with Gasteiger partial charge in [0.1, 0.15) is 0 Å². The summed E-state index contributed by atoms with van der Waals surface area (Å²) in [4.78, 5) is 0. The fraction of sp³-hybridized carbons (Fsp3) is 0.455. The summed E-state index contributed by atoms with van der Waals surface area (Å²) in [5.41, 5.74) is -0.795. The number of rotatable bonds is 4. The van der Waals surface area contributed by atoms with Gasteiger partial charge >= 0.3 is 0 Å². The van der Waals surface area contributed by atoms with Crippen LogP contribution in [0.15, 0.2) is 0 Å². The average Bonchev–Trinajstić information content (AvgIpc) is 2.30. The van der Waals surface area contributed by atoms with Gasteiger partial charge in [-0.2, -0.15) is 0 Å². The van der Waals surface area contributed by atoms with Crippen LogP contribution in [0.1, 0.15) is 12.5 Å². The van der Waals surface area contributed by atoms with Gasteiger partial charge in [0, 0.05) is 12.2 Å². The summed E-state index contributed by atoms with van der Waals surface area (Å²) >= 11 is 0. The van der Waals surface area contributed by atoms with Gasteiger partial charge in [0.05, 0.1) is 0 Å². The monoisotopic (exact) mass is 284 g/mol. The van der Waals surface area contributed by atoms with E-state index in [9.17, 15) is 22.0 Å². The third-order valence-corrected chi connectivity index (χ3v) is 4.71. The van der Waals surface area contributed by atoms with Crippen molar-refractivity contribution < 1.29 is 26.4 Å². The maximum absolute atomic E-state index is 13.4. The smallest absolute Gasteiger partial charge is 0.200 e. The molecule has 0 unspecified atom stereocenters. The number of halogens is 5. The normalized spacial score (nSPS) is 12.0. The zero-order valence-electron chi connectivity index (χ0n) is 10.2. The van der Waals surface area contributed by atoms with E-state index in [1.165, 1.54) is 0 Å². The highest BCUT2D eigenvalue weighted by Gasteiger charge is 2.31. The molecule has 0 fully saturated rings. The van der Waals surface area contributed by atoms with Crippen molar-refractivity contribution >= 4 is 8.32 Å². The highest BCUT2D eigenvalue weighted by Crippen LogP contribution is 2.26. The standard InChI is InChI=1S/C11H13F5OSi/c1-4-17-18(2,3)5-6-7(12)9(14)11(16)10(15)8(6)13/h4-5H2,1-3H3. The van der Waals surface area contributed by atoms with E-state index in [1.54, 1.807) is 20.0 Å². The van der Waals surface area contributed by atoms with E-state index in [1.807, 2.05) is 0 Å². The lowest BCUT2D eigenvalue weighted by Gasteiger charge is -2.22. The maximum Gasteiger partial charge on any atom is 0.200 e. The van der Waals surface area contributed by atoms with Gasteiger partial charge in [0.15, 0.2) is 31.6 Å². The van der Waals surface area contributed by atoms with E-state index in [4.69, 9.17) is 4.43 Å². The zero-order valence-corrected chi connectivity index (χ0v) is 11.2. The molecule has 1 aromatic rings. The van der Waals surface area contributed by atoms with Crippen molar-refractivity contribution in [2.45, 2.75) is 26.1 Å². The Labute approximate surface area is 103 Å². The lowest BCUT2D eigenvalue weighted by atomic mass is 10.2. The van der Waals surface area contributed by atoms with E-state index in [-0.39, 0.29) is 6.04 Å².